The van der Waals surface area contributed by atoms with E-state index in [9.17, 15) is 14.4 Å². The quantitative estimate of drug-likeness (QED) is 0.688. The molecule has 3 aromatic rings. The zero-order valence-electron chi connectivity index (χ0n) is 14.6. The van der Waals surface area contributed by atoms with Gasteiger partial charge in [-0.3, -0.25) is 4.79 Å². The second-order valence-corrected chi connectivity index (χ2v) is 6.09. The maximum Gasteiger partial charge on any atom is 0.338 e. The van der Waals surface area contributed by atoms with E-state index in [0.717, 1.165) is 0 Å². The fraction of sp³-hybridized carbons (Fsp3) is 0.211. The highest BCUT2D eigenvalue weighted by atomic mass is 16.5. The molecule has 0 radical (unpaired) electrons. The molecule has 0 saturated carbocycles. The van der Waals surface area contributed by atoms with Crippen LogP contribution in [0.15, 0.2) is 55.6 Å². The number of carbonyl (C=O) groups excluding carboxylic acids is 2. The van der Waals surface area contributed by atoms with Gasteiger partial charge in [0.2, 0.25) is 0 Å². The minimum absolute atomic E-state index is 0.141. The molecule has 0 bridgehead atoms. The Morgan fingerprint density at radius 3 is 2.78 bits per heavy atom. The van der Waals surface area contributed by atoms with Crippen LogP contribution in [0.4, 0.5) is 4.79 Å². The summed E-state index contributed by atoms with van der Waals surface area (Å²) in [6, 6.07) is 3.49. The zero-order valence-corrected chi connectivity index (χ0v) is 14.6. The predicted octanol–water partition coefficient (Wildman–Crippen LogP) is 2.73. The maximum atomic E-state index is 13.1. The number of fused-ring (bicyclic) bond motifs is 3. The molecule has 8 heteroatoms. The normalized spacial score (nSPS) is 17.1. The lowest BCUT2D eigenvalue weighted by atomic mass is 9.95. The van der Waals surface area contributed by atoms with E-state index in [-0.39, 0.29) is 23.2 Å². The standard InChI is InChI=1S/C19H16N2O6/c1-3-25-18(23)14-9(2)20-19(24)21-15(14)12-8-27-17-10-6-7-26-13(10)5-4-11(17)16(12)22/h4-8,15H,3H2,1-2H3,(H2,20,21,24). The molecule has 2 amide bonds. The molecule has 0 aliphatic carbocycles. The van der Waals surface area contributed by atoms with E-state index in [1.165, 1.54) is 12.5 Å². The van der Waals surface area contributed by atoms with Gasteiger partial charge < -0.3 is 24.2 Å². The van der Waals surface area contributed by atoms with Gasteiger partial charge in [-0.25, -0.2) is 9.59 Å². The maximum absolute atomic E-state index is 13.1. The Morgan fingerprint density at radius 2 is 2.00 bits per heavy atom. The fourth-order valence-electron chi connectivity index (χ4n) is 3.26. The van der Waals surface area contributed by atoms with E-state index < -0.39 is 18.0 Å². The number of furan rings is 1. The van der Waals surface area contributed by atoms with Gasteiger partial charge in [0.1, 0.15) is 17.4 Å². The van der Waals surface area contributed by atoms with Crippen molar-refractivity contribution in [3.8, 4) is 0 Å². The monoisotopic (exact) mass is 368 g/mol. The Morgan fingerprint density at radius 1 is 1.19 bits per heavy atom. The van der Waals surface area contributed by atoms with Crippen LogP contribution >= 0.6 is 0 Å². The molecule has 1 unspecified atom stereocenters. The molecule has 2 N–H and O–H groups in total. The average Bonchev–Trinajstić information content (AvgIpc) is 3.10. The average molecular weight is 368 g/mol. The lowest BCUT2D eigenvalue weighted by molar-refractivity contribution is -0.139. The summed E-state index contributed by atoms with van der Waals surface area (Å²) < 4.78 is 16.1. The largest absolute Gasteiger partial charge is 0.464 e. The Hall–Kier alpha value is -3.55. The van der Waals surface area contributed by atoms with Crippen LogP contribution in [0, 0.1) is 0 Å². The minimum atomic E-state index is -0.974. The van der Waals surface area contributed by atoms with Crippen LogP contribution in [0.25, 0.3) is 21.9 Å². The summed E-state index contributed by atoms with van der Waals surface area (Å²) in [6.45, 7) is 3.43. The van der Waals surface area contributed by atoms with Crippen molar-refractivity contribution in [3.63, 3.8) is 0 Å². The van der Waals surface area contributed by atoms with Gasteiger partial charge in [-0.2, -0.15) is 0 Å². The summed E-state index contributed by atoms with van der Waals surface area (Å²) in [5.74, 6) is -0.614. The van der Waals surface area contributed by atoms with Crippen LogP contribution in [-0.2, 0) is 9.53 Å². The Bertz CT molecular complexity index is 1170. The van der Waals surface area contributed by atoms with Crippen LogP contribution in [0.2, 0.25) is 0 Å². The topological polar surface area (TPSA) is 111 Å². The third-order valence-corrected chi connectivity index (χ3v) is 4.47. The second kappa shape index (κ2) is 6.31. The number of nitrogens with one attached hydrogen (secondary N) is 2. The lowest BCUT2D eigenvalue weighted by Crippen LogP contribution is -2.46. The van der Waals surface area contributed by atoms with Crippen LogP contribution in [0.5, 0.6) is 0 Å². The molecule has 1 aliphatic rings. The highest BCUT2D eigenvalue weighted by Gasteiger charge is 2.34. The number of ether oxygens (including phenoxy) is 1. The van der Waals surface area contributed by atoms with E-state index in [2.05, 4.69) is 10.6 Å². The Kier molecular flexibility index (Phi) is 3.95. The highest BCUT2D eigenvalue weighted by Crippen LogP contribution is 2.29. The molecule has 0 fully saturated rings. The number of rotatable bonds is 3. The molecular weight excluding hydrogens is 352 g/mol. The van der Waals surface area contributed by atoms with Gasteiger partial charge in [0, 0.05) is 5.70 Å². The molecule has 1 atom stereocenters. The molecule has 1 aliphatic heterocycles. The Labute approximate surface area is 152 Å². The van der Waals surface area contributed by atoms with Crippen LogP contribution in [-0.4, -0.2) is 18.6 Å². The van der Waals surface area contributed by atoms with Crippen molar-refractivity contribution in [2.24, 2.45) is 0 Å². The van der Waals surface area contributed by atoms with Gasteiger partial charge in [-0.1, -0.05) is 0 Å². The molecule has 0 saturated heterocycles. The van der Waals surface area contributed by atoms with Crippen molar-refractivity contribution in [2.45, 2.75) is 19.9 Å². The van der Waals surface area contributed by atoms with Gasteiger partial charge >= 0.3 is 12.0 Å². The summed E-state index contributed by atoms with van der Waals surface area (Å²) in [5.41, 5.74) is 1.26. The van der Waals surface area contributed by atoms with E-state index >= 15 is 0 Å². The molecule has 27 heavy (non-hydrogen) atoms. The molecule has 1 aromatic carbocycles. The minimum Gasteiger partial charge on any atom is -0.464 e. The number of hydrogen-bond donors (Lipinski definition) is 2. The predicted molar refractivity (Wildman–Crippen MR) is 96.0 cm³/mol. The van der Waals surface area contributed by atoms with Gasteiger partial charge in [-0.15, -0.1) is 0 Å². The number of urea groups is 1. The van der Waals surface area contributed by atoms with Gasteiger partial charge in [0.25, 0.3) is 0 Å². The Balaban J connectivity index is 1.91. The molecule has 3 heterocycles. The first-order valence-corrected chi connectivity index (χ1v) is 8.38. The number of hydrogen-bond acceptors (Lipinski definition) is 6. The molecule has 138 valence electrons. The summed E-state index contributed by atoms with van der Waals surface area (Å²) in [6.07, 6.45) is 2.77. The summed E-state index contributed by atoms with van der Waals surface area (Å²) in [4.78, 5) is 37.4. The van der Waals surface area contributed by atoms with Crippen molar-refractivity contribution in [3.05, 3.63) is 57.8 Å². The first-order chi connectivity index (χ1) is 13.0. The summed E-state index contributed by atoms with van der Waals surface area (Å²) in [5, 5.41) is 6.13. The third kappa shape index (κ3) is 2.66. The van der Waals surface area contributed by atoms with Crippen molar-refractivity contribution in [2.75, 3.05) is 6.61 Å². The van der Waals surface area contributed by atoms with Crippen LogP contribution in [0.1, 0.15) is 25.5 Å². The van der Waals surface area contributed by atoms with Crippen LogP contribution < -0.4 is 16.1 Å². The van der Waals surface area contributed by atoms with E-state index in [1.54, 1.807) is 32.0 Å². The first kappa shape index (κ1) is 16.9. The highest BCUT2D eigenvalue weighted by molar-refractivity contribution is 6.02. The van der Waals surface area contributed by atoms with Crippen molar-refractivity contribution in [1.82, 2.24) is 10.6 Å². The van der Waals surface area contributed by atoms with Crippen molar-refractivity contribution >= 4 is 33.9 Å². The zero-order chi connectivity index (χ0) is 19.1. The van der Waals surface area contributed by atoms with E-state index in [1.807, 2.05) is 0 Å². The van der Waals surface area contributed by atoms with E-state index in [0.29, 0.717) is 27.6 Å². The summed E-state index contributed by atoms with van der Waals surface area (Å²) in [7, 11) is 0. The van der Waals surface area contributed by atoms with Crippen molar-refractivity contribution < 1.29 is 23.2 Å². The third-order valence-electron chi connectivity index (χ3n) is 4.47. The van der Waals surface area contributed by atoms with Gasteiger partial charge in [-0.05, 0) is 32.0 Å². The number of benzene rings is 1. The number of amides is 2. The smallest absolute Gasteiger partial charge is 0.338 e. The van der Waals surface area contributed by atoms with Crippen LogP contribution in [0.3, 0.4) is 0 Å². The van der Waals surface area contributed by atoms with Gasteiger partial charge in [0.15, 0.2) is 5.43 Å². The lowest BCUT2D eigenvalue weighted by Gasteiger charge is -2.27. The van der Waals surface area contributed by atoms with Gasteiger partial charge in [0.05, 0.1) is 40.8 Å². The molecule has 8 nitrogen and oxygen atoms in total. The number of carbonyl (C=O) groups is 2. The number of esters is 1. The molecule has 0 spiro atoms. The molecular formula is C19H16N2O6. The van der Waals surface area contributed by atoms with Crippen molar-refractivity contribution in [1.29, 1.82) is 0 Å². The van der Waals surface area contributed by atoms with E-state index in [4.69, 9.17) is 13.6 Å². The summed E-state index contributed by atoms with van der Waals surface area (Å²) >= 11 is 0. The first-order valence-electron chi connectivity index (χ1n) is 8.38. The fourth-order valence-corrected chi connectivity index (χ4v) is 3.26. The SMILES string of the molecule is CCOC(=O)C1=C(C)NC(=O)NC1c1coc2c(ccc3occc32)c1=O. The second-order valence-electron chi connectivity index (χ2n) is 6.09. The number of allylic oxidation sites excluding steroid dienone is 1. The molecule has 4 rings (SSSR count). The molecule has 2 aromatic heterocycles.